The number of anilines is 1. The summed E-state index contributed by atoms with van der Waals surface area (Å²) in [6, 6.07) is 20.3. The maximum atomic E-state index is 8.76. The van der Waals surface area contributed by atoms with Crippen molar-refractivity contribution in [2.24, 2.45) is 5.84 Å². The van der Waals surface area contributed by atoms with E-state index in [4.69, 9.17) is 48.7 Å². The summed E-state index contributed by atoms with van der Waals surface area (Å²) >= 11 is 12.0. The van der Waals surface area contributed by atoms with Gasteiger partial charge in [0.2, 0.25) is 0 Å². The number of nitrogen functional groups attached to an aromatic ring is 1. The molecular weight excluding hydrogens is 525 g/mol. The van der Waals surface area contributed by atoms with Crippen LogP contribution < -0.4 is 20.7 Å². The number of aliphatic hydroxyl groups is 2. The number of aliphatic hydroxyl groups excluding tert-OH is 2. The Bertz CT molecular complexity index is 1210. The second-order valence-electron chi connectivity index (χ2n) is 8.63. The molecule has 38 heavy (non-hydrogen) atoms. The molecular formula is C29H33Cl2N3O4. The van der Waals surface area contributed by atoms with E-state index in [1.807, 2.05) is 61.5 Å². The second-order valence-corrected chi connectivity index (χ2v) is 9.50. The molecule has 1 aliphatic rings. The summed E-state index contributed by atoms with van der Waals surface area (Å²) in [6.45, 7) is 7.17. The molecule has 3 aromatic rings. The van der Waals surface area contributed by atoms with E-state index in [0.717, 1.165) is 29.8 Å². The highest BCUT2D eigenvalue weighted by atomic mass is 35.5. The van der Waals surface area contributed by atoms with E-state index < -0.39 is 6.10 Å². The summed E-state index contributed by atoms with van der Waals surface area (Å²) < 4.78 is 11.1. The fourth-order valence-electron chi connectivity index (χ4n) is 3.69. The zero-order valence-electron chi connectivity index (χ0n) is 21.2. The molecule has 0 aliphatic carbocycles. The van der Waals surface area contributed by atoms with Crippen molar-refractivity contribution in [1.29, 1.82) is 0 Å². The highest BCUT2D eigenvalue weighted by molar-refractivity contribution is 6.31. The molecule has 3 aromatic carbocycles. The largest absolute Gasteiger partial charge is 0.486 e. The molecule has 7 nitrogen and oxygen atoms in total. The van der Waals surface area contributed by atoms with Crippen molar-refractivity contribution in [3.8, 4) is 11.5 Å². The first-order valence-electron chi connectivity index (χ1n) is 12.1. The number of hydrogen-bond donors (Lipinski definition) is 4. The van der Waals surface area contributed by atoms with Gasteiger partial charge in [-0.3, -0.25) is 5.84 Å². The molecule has 0 unspecified atom stereocenters. The smallest absolute Gasteiger partial charge is 0.189 e. The van der Waals surface area contributed by atoms with E-state index >= 15 is 0 Å². The maximum absolute atomic E-state index is 8.76. The number of ether oxygens (including phenoxy) is 2. The van der Waals surface area contributed by atoms with E-state index in [0.29, 0.717) is 34.0 Å². The van der Waals surface area contributed by atoms with Crippen LogP contribution in [0.4, 0.5) is 5.69 Å². The number of rotatable bonds is 9. The Morgan fingerprint density at radius 3 is 2.21 bits per heavy atom. The Morgan fingerprint density at radius 1 is 1.00 bits per heavy atom. The molecule has 1 heterocycles. The lowest BCUT2D eigenvalue weighted by molar-refractivity contribution is 0.0629. The standard InChI is InChI=1S/C19H19Cl2N3O.C10H14O3/c1-13(25-17-5-2-15(20)3-6-17)24-10-8-14(9-11-24)18-12-16(21)4-7-19(18)23-22;1-8-2-4-9(5-3-8)13-10(6-11)7-12/h2-8,12,23H,1,9-11,22H2;2-5,10-12H,6-7H2,1H3. The number of halogens is 2. The number of aryl methyl sites for hydroxylation is 1. The first kappa shape index (κ1) is 29.4. The first-order chi connectivity index (χ1) is 18.3. The molecule has 0 atom stereocenters. The molecule has 4 rings (SSSR count). The Hall–Kier alpha value is -3.20. The predicted octanol–water partition coefficient (Wildman–Crippen LogP) is 5.65. The summed E-state index contributed by atoms with van der Waals surface area (Å²) in [6.07, 6.45) is 2.47. The fraction of sp³-hybridized carbons (Fsp3) is 0.241. The summed E-state index contributed by atoms with van der Waals surface area (Å²) in [7, 11) is 0. The van der Waals surface area contributed by atoms with Crippen LogP contribution in [0.5, 0.6) is 11.5 Å². The molecule has 0 saturated heterocycles. The molecule has 9 heteroatoms. The Balaban J connectivity index is 0.000000260. The van der Waals surface area contributed by atoms with Crippen molar-refractivity contribution in [3.63, 3.8) is 0 Å². The van der Waals surface area contributed by atoms with Gasteiger partial charge in [0, 0.05) is 28.7 Å². The van der Waals surface area contributed by atoms with Gasteiger partial charge in [-0.2, -0.15) is 0 Å². The van der Waals surface area contributed by atoms with Crippen molar-refractivity contribution < 1.29 is 19.7 Å². The number of benzene rings is 3. The van der Waals surface area contributed by atoms with Gasteiger partial charge in [0.1, 0.15) is 17.6 Å². The lowest BCUT2D eigenvalue weighted by atomic mass is 9.98. The normalized spacial score (nSPS) is 12.8. The Labute approximate surface area is 233 Å². The van der Waals surface area contributed by atoms with E-state index in [1.54, 1.807) is 12.1 Å². The third-order valence-corrected chi connectivity index (χ3v) is 6.31. The van der Waals surface area contributed by atoms with Crippen LogP contribution in [0.25, 0.3) is 5.57 Å². The fourth-order valence-corrected chi connectivity index (χ4v) is 3.99. The average molecular weight is 559 g/mol. The van der Waals surface area contributed by atoms with Crippen molar-refractivity contribution in [1.82, 2.24) is 4.90 Å². The minimum atomic E-state index is -0.525. The van der Waals surface area contributed by atoms with Crippen LogP contribution in [0.1, 0.15) is 17.5 Å². The maximum Gasteiger partial charge on any atom is 0.189 e. The van der Waals surface area contributed by atoms with Crippen molar-refractivity contribution >= 4 is 34.5 Å². The van der Waals surface area contributed by atoms with Gasteiger partial charge in [-0.15, -0.1) is 0 Å². The third kappa shape index (κ3) is 8.68. The summed E-state index contributed by atoms with van der Waals surface area (Å²) in [4.78, 5) is 2.08. The van der Waals surface area contributed by atoms with Crippen LogP contribution >= 0.6 is 23.2 Å². The van der Waals surface area contributed by atoms with E-state index in [2.05, 4.69) is 23.0 Å². The number of nitrogens with two attached hydrogens (primary N) is 1. The van der Waals surface area contributed by atoms with Crippen LogP contribution in [-0.4, -0.2) is 47.5 Å². The minimum Gasteiger partial charge on any atom is -0.486 e. The van der Waals surface area contributed by atoms with Crippen molar-refractivity contribution in [3.05, 3.63) is 106 Å². The van der Waals surface area contributed by atoms with Crippen LogP contribution in [0.2, 0.25) is 10.0 Å². The van der Waals surface area contributed by atoms with Crippen molar-refractivity contribution in [2.75, 3.05) is 31.7 Å². The van der Waals surface area contributed by atoms with Crippen LogP contribution in [0.3, 0.4) is 0 Å². The number of nitrogens with zero attached hydrogens (tertiary/aromatic N) is 1. The van der Waals surface area contributed by atoms with Crippen molar-refractivity contribution in [2.45, 2.75) is 19.4 Å². The monoisotopic (exact) mass is 557 g/mol. The molecule has 0 saturated carbocycles. The van der Waals surface area contributed by atoms with Gasteiger partial charge in [0.15, 0.2) is 5.88 Å². The summed E-state index contributed by atoms with van der Waals surface area (Å²) in [5.74, 6) is 7.60. The number of nitrogens with one attached hydrogen (secondary N) is 1. The molecule has 5 N–H and O–H groups in total. The number of hydrogen-bond acceptors (Lipinski definition) is 7. The number of hydrazine groups is 1. The molecule has 0 fully saturated rings. The summed E-state index contributed by atoms with van der Waals surface area (Å²) in [5, 5.41) is 18.9. The van der Waals surface area contributed by atoms with Gasteiger partial charge in [0.25, 0.3) is 0 Å². The SMILES string of the molecule is C=C(Oc1ccc(Cl)cc1)N1CC=C(c2cc(Cl)ccc2NN)CC1.Cc1ccc(OC(CO)CO)cc1. The highest BCUT2D eigenvalue weighted by Crippen LogP contribution is 2.31. The van der Waals surface area contributed by atoms with Gasteiger partial charge in [-0.25, -0.2) is 0 Å². The lowest BCUT2D eigenvalue weighted by Crippen LogP contribution is -2.30. The molecule has 0 aromatic heterocycles. The topological polar surface area (TPSA) is 100 Å². The van der Waals surface area contributed by atoms with E-state index in [-0.39, 0.29) is 13.2 Å². The zero-order valence-corrected chi connectivity index (χ0v) is 22.8. The predicted molar refractivity (Wildman–Crippen MR) is 154 cm³/mol. The van der Waals surface area contributed by atoms with Gasteiger partial charge in [0.05, 0.1) is 18.9 Å². The van der Waals surface area contributed by atoms with Crippen LogP contribution in [0, 0.1) is 6.92 Å². The molecule has 0 amide bonds. The van der Waals surface area contributed by atoms with E-state index in [9.17, 15) is 0 Å². The van der Waals surface area contributed by atoms with Gasteiger partial charge in [-0.1, -0.05) is 47.0 Å². The van der Waals surface area contributed by atoms with Crippen LogP contribution in [-0.2, 0) is 0 Å². The molecule has 202 valence electrons. The van der Waals surface area contributed by atoms with E-state index in [1.165, 1.54) is 5.57 Å². The zero-order chi connectivity index (χ0) is 27.5. The van der Waals surface area contributed by atoms with Gasteiger partial charge < -0.3 is 30.0 Å². The average Bonchev–Trinajstić information content (AvgIpc) is 2.94. The lowest BCUT2D eigenvalue weighted by Gasteiger charge is -2.30. The quantitative estimate of drug-likeness (QED) is 0.153. The first-order valence-corrected chi connectivity index (χ1v) is 12.9. The van der Waals surface area contributed by atoms with Gasteiger partial charge in [-0.05, 0) is 80.1 Å². The molecule has 0 radical (unpaired) electrons. The second kappa shape index (κ2) is 14.7. The molecule has 0 spiro atoms. The summed E-state index contributed by atoms with van der Waals surface area (Å²) in [5.41, 5.74) is 6.96. The third-order valence-electron chi connectivity index (χ3n) is 5.83. The Morgan fingerprint density at radius 2 is 1.63 bits per heavy atom. The Kier molecular flexibility index (Phi) is 11.3. The van der Waals surface area contributed by atoms with Crippen LogP contribution in [0.15, 0.2) is 85.3 Å². The highest BCUT2D eigenvalue weighted by Gasteiger charge is 2.17. The van der Waals surface area contributed by atoms with Gasteiger partial charge >= 0.3 is 0 Å². The molecule has 0 bridgehead atoms. The molecule has 1 aliphatic heterocycles. The minimum absolute atomic E-state index is 0.176.